The standard InChI is InChI=1S/C13H22N4OS/c1-8(2)10-15-16-12(19-10)17-6-9(7-17)14-11(18)13(3,4)5/h8-9H,6-7H2,1-5H3,(H,14,18). The van der Waals surface area contributed by atoms with Crippen molar-refractivity contribution in [3.63, 3.8) is 0 Å². The van der Waals surface area contributed by atoms with Crippen LogP contribution in [-0.2, 0) is 4.79 Å². The number of nitrogens with zero attached hydrogens (tertiary/aromatic N) is 3. The van der Waals surface area contributed by atoms with E-state index in [2.05, 4.69) is 34.3 Å². The van der Waals surface area contributed by atoms with Crippen molar-refractivity contribution in [2.75, 3.05) is 18.0 Å². The first-order valence-electron chi connectivity index (χ1n) is 6.66. The molecule has 0 radical (unpaired) electrons. The summed E-state index contributed by atoms with van der Waals surface area (Å²) in [5, 5.41) is 13.5. The van der Waals surface area contributed by atoms with E-state index in [4.69, 9.17) is 0 Å². The second-order valence-electron chi connectivity index (χ2n) is 6.40. The van der Waals surface area contributed by atoms with E-state index in [1.165, 1.54) is 0 Å². The molecule has 0 spiro atoms. The van der Waals surface area contributed by atoms with Gasteiger partial charge in [-0.25, -0.2) is 0 Å². The molecule has 1 aromatic rings. The van der Waals surface area contributed by atoms with Crippen LogP contribution in [0, 0.1) is 5.41 Å². The molecule has 0 bridgehead atoms. The van der Waals surface area contributed by atoms with Crippen LogP contribution >= 0.6 is 11.3 Å². The molecule has 1 aliphatic rings. The van der Waals surface area contributed by atoms with E-state index >= 15 is 0 Å². The Labute approximate surface area is 118 Å². The van der Waals surface area contributed by atoms with Gasteiger partial charge in [0.1, 0.15) is 5.01 Å². The van der Waals surface area contributed by atoms with Crippen LogP contribution in [0.3, 0.4) is 0 Å². The average Bonchev–Trinajstić information content (AvgIpc) is 2.69. The van der Waals surface area contributed by atoms with E-state index < -0.39 is 0 Å². The fraction of sp³-hybridized carbons (Fsp3) is 0.769. The van der Waals surface area contributed by atoms with Gasteiger partial charge in [-0.05, 0) is 0 Å². The smallest absolute Gasteiger partial charge is 0.225 e. The van der Waals surface area contributed by atoms with Gasteiger partial charge in [0.25, 0.3) is 0 Å². The number of rotatable bonds is 3. The molecule has 1 aromatic heterocycles. The highest BCUT2D eigenvalue weighted by Crippen LogP contribution is 2.28. The Morgan fingerprint density at radius 1 is 1.37 bits per heavy atom. The number of aromatic nitrogens is 2. The minimum Gasteiger partial charge on any atom is -0.349 e. The number of amides is 1. The van der Waals surface area contributed by atoms with Crippen molar-refractivity contribution in [1.29, 1.82) is 0 Å². The Bertz CT molecular complexity index is 457. The van der Waals surface area contributed by atoms with Crippen molar-refractivity contribution in [3.8, 4) is 0 Å². The molecule has 0 saturated carbocycles. The Balaban J connectivity index is 1.84. The highest BCUT2D eigenvalue weighted by atomic mass is 32.1. The molecule has 1 fully saturated rings. The molecule has 0 atom stereocenters. The zero-order valence-corrected chi connectivity index (χ0v) is 13.0. The predicted molar refractivity (Wildman–Crippen MR) is 77.6 cm³/mol. The molecule has 1 N–H and O–H groups in total. The maximum atomic E-state index is 11.8. The minimum absolute atomic E-state index is 0.109. The van der Waals surface area contributed by atoms with Crippen LogP contribution in [0.1, 0.15) is 45.5 Å². The van der Waals surface area contributed by atoms with Crippen molar-refractivity contribution < 1.29 is 4.79 Å². The zero-order valence-electron chi connectivity index (χ0n) is 12.2. The number of hydrogen-bond donors (Lipinski definition) is 1. The molecular formula is C13H22N4OS. The largest absolute Gasteiger partial charge is 0.349 e. The Hall–Kier alpha value is -1.17. The number of hydrogen-bond acceptors (Lipinski definition) is 5. The van der Waals surface area contributed by atoms with Crippen LogP contribution in [-0.4, -0.2) is 35.2 Å². The summed E-state index contributed by atoms with van der Waals surface area (Å²) in [7, 11) is 0. The Morgan fingerprint density at radius 3 is 2.47 bits per heavy atom. The third-order valence-electron chi connectivity index (χ3n) is 3.09. The van der Waals surface area contributed by atoms with Gasteiger partial charge in [-0.2, -0.15) is 0 Å². The van der Waals surface area contributed by atoms with Gasteiger partial charge < -0.3 is 10.2 Å². The lowest BCUT2D eigenvalue weighted by Gasteiger charge is -2.40. The normalized spacial score (nSPS) is 16.6. The SMILES string of the molecule is CC(C)c1nnc(N2CC(NC(=O)C(C)(C)C)C2)s1. The monoisotopic (exact) mass is 282 g/mol. The number of carbonyl (C=O) groups is 1. The minimum atomic E-state index is -0.325. The number of anilines is 1. The molecule has 0 aromatic carbocycles. The third kappa shape index (κ3) is 3.23. The number of nitrogens with one attached hydrogen (secondary N) is 1. The molecule has 2 rings (SSSR count). The van der Waals surface area contributed by atoms with Crippen LogP contribution in [0.15, 0.2) is 0 Å². The van der Waals surface area contributed by atoms with Gasteiger partial charge in [0, 0.05) is 24.4 Å². The van der Waals surface area contributed by atoms with Crippen molar-refractivity contribution in [2.24, 2.45) is 5.41 Å². The summed E-state index contributed by atoms with van der Waals surface area (Å²) in [6.07, 6.45) is 0. The van der Waals surface area contributed by atoms with Gasteiger partial charge in [-0.3, -0.25) is 4.79 Å². The molecule has 106 valence electrons. The molecule has 1 amide bonds. The number of carbonyl (C=O) groups excluding carboxylic acids is 1. The predicted octanol–water partition coefficient (Wildman–Crippen LogP) is 2.01. The summed E-state index contributed by atoms with van der Waals surface area (Å²) in [5.41, 5.74) is -0.325. The van der Waals surface area contributed by atoms with Crippen LogP contribution < -0.4 is 10.2 Å². The van der Waals surface area contributed by atoms with E-state index in [1.54, 1.807) is 11.3 Å². The second-order valence-corrected chi connectivity index (χ2v) is 7.39. The molecule has 19 heavy (non-hydrogen) atoms. The van der Waals surface area contributed by atoms with Gasteiger partial charge in [0.2, 0.25) is 11.0 Å². The van der Waals surface area contributed by atoms with Crippen molar-refractivity contribution in [3.05, 3.63) is 5.01 Å². The van der Waals surface area contributed by atoms with E-state index in [-0.39, 0.29) is 17.4 Å². The van der Waals surface area contributed by atoms with Gasteiger partial charge in [-0.15, -0.1) is 10.2 Å². The average molecular weight is 282 g/mol. The van der Waals surface area contributed by atoms with E-state index in [1.807, 2.05) is 20.8 Å². The lowest BCUT2D eigenvalue weighted by Crippen LogP contribution is -2.60. The van der Waals surface area contributed by atoms with Crippen LogP contribution in [0.25, 0.3) is 0 Å². The van der Waals surface area contributed by atoms with E-state index in [0.29, 0.717) is 5.92 Å². The Kier molecular flexibility index (Phi) is 3.80. The van der Waals surface area contributed by atoms with E-state index in [0.717, 1.165) is 23.2 Å². The summed E-state index contributed by atoms with van der Waals surface area (Å²) in [5.74, 6) is 0.529. The van der Waals surface area contributed by atoms with Gasteiger partial charge in [0.05, 0.1) is 6.04 Å². The molecule has 1 aliphatic heterocycles. The summed E-state index contributed by atoms with van der Waals surface area (Å²) < 4.78 is 0. The fourth-order valence-corrected chi connectivity index (χ4v) is 2.58. The maximum Gasteiger partial charge on any atom is 0.225 e. The molecule has 2 heterocycles. The third-order valence-corrected chi connectivity index (χ3v) is 4.38. The maximum absolute atomic E-state index is 11.8. The first-order valence-corrected chi connectivity index (χ1v) is 7.48. The molecular weight excluding hydrogens is 260 g/mol. The quantitative estimate of drug-likeness (QED) is 0.921. The second kappa shape index (κ2) is 5.07. The first-order chi connectivity index (χ1) is 8.77. The summed E-state index contributed by atoms with van der Waals surface area (Å²) in [6.45, 7) is 11.7. The molecule has 1 saturated heterocycles. The van der Waals surface area contributed by atoms with E-state index in [9.17, 15) is 4.79 Å². The van der Waals surface area contributed by atoms with Crippen molar-refractivity contribution in [2.45, 2.75) is 46.6 Å². The molecule has 5 nitrogen and oxygen atoms in total. The molecule has 6 heteroatoms. The zero-order chi connectivity index (χ0) is 14.2. The lowest BCUT2D eigenvalue weighted by atomic mass is 9.94. The van der Waals surface area contributed by atoms with Crippen LogP contribution in [0.5, 0.6) is 0 Å². The lowest BCUT2D eigenvalue weighted by molar-refractivity contribution is -0.129. The molecule has 0 unspecified atom stereocenters. The summed E-state index contributed by atoms with van der Waals surface area (Å²) >= 11 is 1.64. The van der Waals surface area contributed by atoms with Gasteiger partial charge >= 0.3 is 0 Å². The van der Waals surface area contributed by atoms with Gasteiger partial charge in [0.15, 0.2) is 0 Å². The van der Waals surface area contributed by atoms with Crippen molar-refractivity contribution >= 4 is 22.4 Å². The van der Waals surface area contributed by atoms with Crippen molar-refractivity contribution in [1.82, 2.24) is 15.5 Å². The highest BCUT2D eigenvalue weighted by Gasteiger charge is 2.33. The van der Waals surface area contributed by atoms with Crippen LogP contribution in [0.4, 0.5) is 5.13 Å². The Morgan fingerprint density at radius 2 is 2.00 bits per heavy atom. The van der Waals surface area contributed by atoms with Gasteiger partial charge in [-0.1, -0.05) is 46.0 Å². The fourth-order valence-electron chi connectivity index (χ4n) is 1.72. The topological polar surface area (TPSA) is 58.1 Å². The van der Waals surface area contributed by atoms with Crippen LogP contribution in [0.2, 0.25) is 0 Å². The highest BCUT2D eigenvalue weighted by molar-refractivity contribution is 7.15. The molecule has 0 aliphatic carbocycles. The summed E-state index contributed by atoms with van der Waals surface area (Å²) in [6, 6.07) is 0.234. The first kappa shape index (κ1) is 14.2. The summed E-state index contributed by atoms with van der Waals surface area (Å²) in [4.78, 5) is 14.0.